The number of benzene rings is 2. The van der Waals surface area contributed by atoms with Crippen molar-refractivity contribution in [1.29, 1.82) is 0 Å². The average Bonchev–Trinajstić information content (AvgIpc) is 3.21. The Labute approximate surface area is 179 Å². The number of hydrogen-bond donors (Lipinski definition) is 2. The Morgan fingerprint density at radius 3 is 2.65 bits per heavy atom. The van der Waals surface area contributed by atoms with E-state index in [-0.39, 0.29) is 11.5 Å². The first-order valence-corrected chi connectivity index (χ1v) is 10.1. The van der Waals surface area contributed by atoms with E-state index in [1.54, 1.807) is 43.2 Å². The van der Waals surface area contributed by atoms with Crippen LogP contribution < -0.4 is 14.8 Å². The van der Waals surface area contributed by atoms with Crippen LogP contribution in [0.1, 0.15) is 30.9 Å². The third-order valence-electron chi connectivity index (χ3n) is 5.72. The fraction of sp³-hybridized carbons (Fsp3) is 0.261. The van der Waals surface area contributed by atoms with E-state index in [1.165, 1.54) is 0 Å². The van der Waals surface area contributed by atoms with Gasteiger partial charge in [0.25, 0.3) is 0 Å². The lowest BCUT2D eigenvalue weighted by molar-refractivity contribution is -0.116. The van der Waals surface area contributed by atoms with Gasteiger partial charge in [-0.05, 0) is 43.2 Å². The number of hydrogen-bond acceptors (Lipinski definition) is 7. The van der Waals surface area contributed by atoms with Crippen LogP contribution in [-0.4, -0.2) is 39.9 Å². The van der Waals surface area contributed by atoms with Crippen molar-refractivity contribution in [2.24, 2.45) is 0 Å². The zero-order valence-corrected chi connectivity index (χ0v) is 17.3. The number of ketones is 1. The highest BCUT2D eigenvalue weighted by Crippen LogP contribution is 2.45. The number of methoxy groups -OCH3 is 2. The molecule has 158 valence electrons. The fourth-order valence-corrected chi connectivity index (χ4v) is 4.30. The second kappa shape index (κ2) is 7.46. The molecule has 2 N–H and O–H groups in total. The maximum Gasteiger partial charge on any atom is 0.226 e. The van der Waals surface area contributed by atoms with Crippen LogP contribution in [-0.2, 0) is 4.79 Å². The number of para-hydroxylation sites is 1. The molecule has 2 aliphatic rings. The zero-order valence-electron chi connectivity index (χ0n) is 17.3. The van der Waals surface area contributed by atoms with Gasteiger partial charge in [0.05, 0.1) is 14.2 Å². The number of carbonyl (C=O) groups is 1. The lowest BCUT2D eigenvalue weighted by atomic mass is 9.85. The van der Waals surface area contributed by atoms with E-state index in [2.05, 4.69) is 10.3 Å². The number of allylic oxidation sites excluding steroid dienone is 2. The molecule has 0 spiro atoms. The number of ether oxygens (including phenoxy) is 2. The molecular weight excluding hydrogens is 396 g/mol. The van der Waals surface area contributed by atoms with Crippen molar-refractivity contribution >= 4 is 11.7 Å². The maximum atomic E-state index is 13.0. The summed E-state index contributed by atoms with van der Waals surface area (Å²) in [6.45, 7) is 0. The average molecular weight is 418 g/mol. The molecule has 1 aliphatic carbocycles. The number of fused-ring (bicyclic) bond motifs is 1. The third kappa shape index (κ3) is 3.11. The summed E-state index contributed by atoms with van der Waals surface area (Å²) in [5, 5.41) is 17.7. The number of phenolic OH excluding ortho intramolecular Hbond substituents is 1. The Bertz CT molecular complexity index is 1200. The van der Waals surface area contributed by atoms with Crippen molar-refractivity contribution in [2.75, 3.05) is 19.5 Å². The minimum absolute atomic E-state index is 0.0935. The molecule has 31 heavy (non-hydrogen) atoms. The molecule has 0 bridgehead atoms. The summed E-state index contributed by atoms with van der Waals surface area (Å²) >= 11 is 0. The van der Waals surface area contributed by atoms with Crippen molar-refractivity contribution < 1.29 is 19.4 Å². The number of nitrogens with one attached hydrogen (secondary N) is 1. The molecule has 0 fully saturated rings. The van der Waals surface area contributed by atoms with Crippen LogP contribution in [0.4, 0.5) is 5.95 Å². The number of anilines is 1. The van der Waals surface area contributed by atoms with Gasteiger partial charge in [-0.15, -0.1) is 5.10 Å². The van der Waals surface area contributed by atoms with Crippen molar-refractivity contribution in [1.82, 2.24) is 14.8 Å². The molecule has 1 aliphatic heterocycles. The molecule has 3 aromatic rings. The minimum Gasteiger partial charge on any atom is -0.508 e. The van der Waals surface area contributed by atoms with Crippen LogP contribution in [0.2, 0.25) is 0 Å². The molecule has 2 aromatic carbocycles. The molecule has 0 radical (unpaired) electrons. The van der Waals surface area contributed by atoms with Gasteiger partial charge in [-0.3, -0.25) is 4.79 Å². The smallest absolute Gasteiger partial charge is 0.226 e. The van der Waals surface area contributed by atoms with Crippen LogP contribution in [0.5, 0.6) is 17.2 Å². The second-order valence-electron chi connectivity index (χ2n) is 7.53. The summed E-state index contributed by atoms with van der Waals surface area (Å²) in [6.07, 6.45) is 2.06. The molecular formula is C23H22N4O4. The van der Waals surface area contributed by atoms with Gasteiger partial charge in [-0.2, -0.15) is 4.98 Å². The van der Waals surface area contributed by atoms with Gasteiger partial charge >= 0.3 is 0 Å². The topological polar surface area (TPSA) is 98.5 Å². The number of rotatable bonds is 4. The van der Waals surface area contributed by atoms with Crippen LogP contribution in [0.25, 0.3) is 11.4 Å². The van der Waals surface area contributed by atoms with Gasteiger partial charge in [0, 0.05) is 28.8 Å². The van der Waals surface area contributed by atoms with Crippen LogP contribution >= 0.6 is 0 Å². The summed E-state index contributed by atoms with van der Waals surface area (Å²) in [7, 11) is 3.18. The Morgan fingerprint density at radius 1 is 1.10 bits per heavy atom. The highest BCUT2D eigenvalue weighted by Gasteiger charge is 2.38. The van der Waals surface area contributed by atoms with E-state index in [1.807, 2.05) is 18.2 Å². The van der Waals surface area contributed by atoms with Gasteiger partial charge in [-0.25, -0.2) is 4.68 Å². The zero-order chi connectivity index (χ0) is 21.5. The normalized spacial score (nSPS) is 17.6. The van der Waals surface area contributed by atoms with Crippen molar-refractivity contribution in [3.8, 4) is 28.6 Å². The molecule has 1 atom stereocenters. The maximum absolute atomic E-state index is 13.0. The molecule has 1 unspecified atom stereocenters. The lowest BCUT2D eigenvalue weighted by Gasteiger charge is -2.32. The van der Waals surface area contributed by atoms with Crippen LogP contribution in [0, 0.1) is 0 Å². The summed E-state index contributed by atoms with van der Waals surface area (Å²) in [5.41, 5.74) is 3.12. The molecule has 8 heteroatoms. The standard InChI is InChI=1S/C23H22N4O4/c1-30-18-8-3-5-15(21(18)31-2)20-19-16(6-4-7-17(19)29)24-23-25-22(26-27(20)23)13-9-11-14(28)12-10-13/h3,5,8-12,20,28H,4,6-7H2,1-2H3,(H,24,25,26). The number of nitrogens with zero attached hydrogens (tertiary/aromatic N) is 3. The second-order valence-corrected chi connectivity index (χ2v) is 7.53. The number of phenols is 1. The van der Waals surface area contributed by atoms with Crippen molar-refractivity contribution in [3.63, 3.8) is 0 Å². The highest BCUT2D eigenvalue weighted by molar-refractivity contribution is 5.99. The SMILES string of the molecule is COc1cccc(C2C3=C(CCCC3=O)Nc3nc(-c4ccc(O)cc4)nn32)c1OC. The summed E-state index contributed by atoms with van der Waals surface area (Å²) in [4.78, 5) is 17.7. The fourth-order valence-electron chi connectivity index (χ4n) is 4.30. The van der Waals surface area contributed by atoms with E-state index >= 15 is 0 Å². The van der Waals surface area contributed by atoms with E-state index in [0.717, 1.165) is 29.7 Å². The first-order chi connectivity index (χ1) is 15.1. The van der Waals surface area contributed by atoms with Crippen LogP contribution in [0.15, 0.2) is 53.7 Å². The Kier molecular flexibility index (Phi) is 4.62. The summed E-state index contributed by atoms with van der Waals surface area (Å²) in [5.74, 6) is 2.48. The molecule has 0 amide bonds. The predicted octanol–water partition coefficient (Wildman–Crippen LogP) is 3.69. The van der Waals surface area contributed by atoms with Gasteiger partial charge in [-0.1, -0.05) is 12.1 Å². The first-order valence-electron chi connectivity index (χ1n) is 10.1. The molecule has 8 nitrogen and oxygen atoms in total. The van der Waals surface area contributed by atoms with Crippen molar-refractivity contribution in [2.45, 2.75) is 25.3 Å². The van der Waals surface area contributed by atoms with Gasteiger partial charge in [0.2, 0.25) is 5.95 Å². The molecule has 2 heterocycles. The van der Waals surface area contributed by atoms with Gasteiger partial charge in [0.1, 0.15) is 11.8 Å². The van der Waals surface area contributed by atoms with E-state index in [4.69, 9.17) is 14.6 Å². The Morgan fingerprint density at radius 2 is 1.90 bits per heavy atom. The largest absolute Gasteiger partial charge is 0.508 e. The third-order valence-corrected chi connectivity index (χ3v) is 5.72. The quantitative estimate of drug-likeness (QED) is 0.667. The number of Topliss-reactive ketones (excluding diaryl/α,β-unsaturated/α-hetero) is 1. The lowest BCUT2D eigenvalue weighted by Crippen LogP contribution is -2.31. The monoisotopic (exact) mass is 418 g/mol. The molecule has 1 aromatic heterocycles. The summed E-state index contributed by atoms with van der Waals surface area (Å²) in [6, 6.07) is 11.9. The molecule has 5 rings (SSSR count). The van der Waals surface area contributed by atoms with Gasteiger partial charge in [0.15, 0.2) is 23.1 Å². The van der Waals surface area contributed by atoms with E-state index < -0.39 is 6.04 Å². The number of carbonyl (C=O) groups excluding carboxylic acids is 1. The van der Waals surface area contributed by atoms with E-state index in [0.29, 0.717) is 35.3 Å². The Balaban J connectivity index is 1.71. The number of aromatic hydroxyl groups is 1. The van der Waals surface area contributed by atoms with E-state index in [9.17, 15) is 9.90 Å². The van der Waals surface area contributed by atoms with Crippen LogP contribution in [0.3, 0.4) is 0 Å². The Hall–Kier alpha value is -3.81. The molecule has 0 saturated carbocycles. The summed E-state index contributed by atoms with van der Waals surface area (Å²) < 4.78 is 12.9. The minimum atomic E-state index is -0.484. The first kappa shape index (κ1) is 19.2. The predicted molar refractivity (Wildman–Crippen MR) is 114 cm³/mol. The molecule has 0 saturated heterocycles. The van der Waals surface area contributed by atoms with Gasteiger partial charge < -0.3 is 19.9 Å². The number of aromatic nitrogens is 3. The highest BCUT2D eigenvalue weighted by atomic mass is 16.5. The van der Waals surface area contributed by atoms with Crippen molar-refractivity contribution in [3.05, 3.63) is 59.3 Å².